The molecule has 0 radical (unpaired) electrons. The summed E-state index contributed by atoms with van der Waals surface area (Å²) >= 11 is 1.43. The third kappa shape index (κ3) is 4.18. The van der Waals surface area contributed by atoms with Crippen LogP contribution in [0, 0.1) is 0 Å². The molecule has 0 fully saturated rings. The fourth-order valence-electron chi connectivity index (χ4n) is 2.45. The number of thiophene rings is 1. The summed E-state index contributed by atoms with van der Waals surface area (Å²) < 4.78 is 12.0. The normalized spacial score (nSPS) is 12.5. The summed E-state index contributed by atoms with van der Waals surface area (Å²) in [5.41, 5.74) is 1.08. The first kappa shape index (κ1) is 17.4. The van der Waals surface area contributed by atoms with Crippen LogP contribution < -0.4 is 10.5 Å². The minimum atomic E-state index is -0.876. The van der Waals surface area contributed by atoms with Gasteiger partial charge in [-0.3, -0.25) is 0 Å². The number of aromatic nitrogens is 2. The molecular weight excluding hydrogens is 340 g/mol. The zero-order chi connectivity index (χ0) is 17.8. The topological polar surface area (TPSA) is 77.5 Å². The quantitative estimate of drug-likeness (QED) is 0.700. The molecule has 0 aliphatic carbocycles. The van der Waals surface area contributed by atoms with Gasteiger partial charge in [-0.05, 0) is 29.0 Å². The smallest absolute Gasteiger partial charge is 0.437 e. The van der Waals surface area contributed by atoms with Crippen LogP contribution in [0.15, 0.2) is 51.0 Å². The van der Waals surface area contributed by atoms with Crippen LogP contribution in [-0.4, -0.2) is 27.6 Å². The van der Waals surface area contributed by atoms with Crippen molar-refractivity contribution in [2.75, 3.05) is 6.61 Å². The Labute approximate surface area is 149 Å². The fraction of sp³-hybridized carbons (Fsp3) is 0.333. The van der Waals surface area contributed by atoms with Gasteiger partial charge in [0.2, 0.25) is 0 Å². The van der Waals surface area contributed by atoms with E-state index in [1.165, 1.54) is 11.3 Å². The summed E-state index contributed by atoms with van der Waals surface area (Å²) in [6.07, 6.45) is -0.876. The second-order valence-electron chi connectivity index (χ2n) is 5.99. The Bertz CT molecular complexity index is 867. The number of aliphatic hydroxyl groups is 1. The van der Waals surface area contributed by atoms with Crippen molar-refractivity contribution in [3.63, 3.8) is 0 Å². The molecule has 0 aliphatic rings. The average molecular weight is 360 g/mol. The van der Waals surface area contributed by atoms with Crippen molar-refractivity contribution >= 4 is 11.3 Å². The van der Waals surface area contributed by atoms with Gasteiger partial charge < -0.3 is 14.3 Å². The number of para-hydroxylation sites is 1. The van der Waals surface area contributed by atoms with Gasteiger partial charge in [-0.25, -0.2) is 4.79 Å². The zero-order valence-electron chi connectivity index (χ0n) is 14.1. The molecular formula is C18H20N2O4S. The number of hydrogen-bond acceptors (Lipinski definition) is 6. The molecule has 0 saturated heterocycles. The lowest BCUT2D eigenvalue weighted by atomic mass is 10.0. The third-order valence-electron chi connectivity index (χ3n) is 3.69. The number of benzene rings is 1. The van der Waals surface area contributed by atoms with Crippen molar-refractivity contribution in [3.05, 3.63) is 57.9 Å². The molecule has 2 aromatic heterocycles. The predicted molar refractivity (Wildman–Crippen MR) is 96.1 cm³/mol. The van der Waals surface area contributed by atoms with Crippen LogP contribution in [0.2, 0.25) is 0 Å². The van der Waals surface area contributed by atoms with E-state index in [1.54, 1.807) is 0 Å². The summed E-state index contributed by atoms with van der Waals surface area (Å²) in [5, 5.41) is 16.2. The molecule has 1 atom stereocenters. The van der Waals surface area contributed by atoms with Gasteiger partial charge in [0, 0.05) is 0 Å². The molecule has 2 heterocycles. The summed E-state index contributed by atoms with van der Waals surface area (Å²) in [6.45, 7) is 4.24. The Kier molecular flexibility index (Phi) is 5.35. The van der Waals surface area contributed by atoms with Crippen LogP contribution in [0.3, 0.4) is 0 Å². The molecule has 0 aliphatic heterocycles. The van der Waals surface area contributed by atoms with Crippen LogP contribution in [0.5, 0.6) is 5.75 Å². The monoisotopic (exact) mass is 360 g/mol. The molecule has 0 spiro atoms. The van der Waals surface area contributed by atoms with E-state index in [0.717, 1.165) is 20.9 Å². The number of aliphatic hydroxyl groups excluding tert-OH is 1. The molecule has 1 aromatic carbocycles. The van der Waals surface area contributed by atoms with E-state index >= 15 is 0 Å². The molecule has 0 saturated carbocycles. The Balaban J connectivity index is 1.64. The van der Waals surface area contributed by atoms with E-state index in [2.05, 4.69) is 18.9 Å². The van der Waals surface area contributed by atoms with E-state index in [9.17, 15) is 9.90 Å². The first-order chi connectivity index (χ1) is 12.0. The number of hydrogen-bond donors (Lipinski definition) is 1. The molecule has 3 aromatic rings. The van der Waals surface area contributed by atoms with Crippen molar-refractivity contribution in [2.24, 2.45) is 0 Å². The lowest BCUT2D eigenvalue weighted by Crippen LogP contribution is -2.29. The van der Waals surface area contributed by atoms with E-state index in [-0.39, 0.29) is 19.0 Å². The van der Waals surface area contributed by atoms with Crippen LogP contribution in [0.25, 0.3) is 10.8 Å². The van der Waals surface area contributed by atoms with Crippen LogP contribution in [-0.2, 0) is 6.54 Å². The molecule has 132 valence electrons. The number of rotatable bonds is 7. The lowest BCUT2D eigenvalue weighted by molar-refractivity contribution is 0.0869. The van der Waals surface area contributed by atoms with Crippen LogP contribution in [0.4, 0.5) is 0 Å². The molecule has 1 N–H and O–H groups in total. The maximum atomic E-state index is 11.9. The standard InChI is InChI=1S/C18H20N2O4S/c1-12(2)14-6-3-4-7-15(14)23-11-13(21)10-20-18(22)24-17(19-20)16-8-5-9-25-16/h3-9,12-13,21H,10-11H2,1-2H3. The van der Waals surface area contributed by atoms with Gasteiger partial charge in [-0.15, -0.1) is 16.4 Å². The predicted octanol–water partition coefficient (Wildman–Crippen LogP) is 3.13. The van der Waals surface area contributed by atoms with Crippen LogP contribution >= 0.6 is 11.3 Å². The van der Waals surface area contributed by atoms with Crippen molar-refractivity contribution in [1.82, 2.24) is 9.78 Å². The summed E-state index contributed by atoms with van der Waals surface area (Å²) in [7, 11) is 0. The van der Waals surface area contributed by atoms with Gasteiger partial charge in [0.25, 0.3) is 5.89 Å². The summed E-state index contributed by atoms with van der Waals surface area (Å²) in [4.78, 5) is 12.6. The Hall–Kier alpha value is -2.38. The minimum Gasteiger partial charge on any atom is -0.491 e. The first-order valence-corrected chi connectivity index (χ1v) is 8.94. The van der Waals surface area contributed by atoms with Crippen molar-refractivity contribution in [2.45, 2.75) is 32.4 Å². The highest BCUT2D eigenvalue weighted by atomic mass is 32.1. The molecule has 7 heteroatoms. The van der Waals surface area contributed by atoms with Gasteiger partial charge in [0.15, 0.2) is 0 Å². The molecule has 1 unspecified atom stereocenters. The van der Waals surface area contributed by atoms with Gasteiger partial charge >= 0.3 is 5.76 Å². The Morgan fingerprint density at radius 3 is 2.80 bits per heavy atom. The minimum absolute atomic E-state index is 0.0115. The summed E-state index contributed by atoms with van der Waals surface area (Å²) in [6, 6.07) is 11.4. The number of nitrogens with zero attached hydrogens (tertiary/aromatic N) is 2. The maximum absolute atomic E-state index is 11.9. The second kappa shape index (κ2) is 7.67. The first-order valence-electron chi connectivity index (χ1n) is 8.06. The molecule has 0 amide bonds. The molecule has 25 heavy (non-hydrogen) atoms. The SMILES string of the molecule is CC(C)c1ccccc1OCC(O)Cn1nc(-c2cccs2)oc1=O. The second-order valence-corrected chi connectivity index (χ2v) is 6.94. The Morgan fingerprint density at radius 2 is 2.08 bits per heavy atom. The lowest BCUT2D eigenvalue weighted by Gasteiger charge is -2.16. The maximum Gasteiger partial charge on any atom is 0.437 e. The third-order valence-corrected chi connectivity index (χ3v) is 4.55. The van der Waals surface area contributed by atoms with Crippen molar-refractivity contribution < 1.29 is 14.3 Å². The Morgan fingerprint density at radius 1 is 1.28 bits per heavy atom. The van der Waals surface area contributed by atoms with E-state index in [1.807, 2.05) is 41.8 Å². The fourth-order valence-corrected chi connectivity index (χ4v) is 3.09. The van der Waals surface area contributed by atoms with Gasteiger partial charge in [0.05, 0.1) is 11.4 Å². The highest BCUT2D eigenvalue weighted by molar-refractivity contribution is 7.13. The molecule has 0 bridgehead atoms. The van der Waals surface area contributed by atoms with E-state index in [0.29, 0.717) is 5.92 Å². The highest BCUT2D eigenvalue weighted by Crippen LogP contribution is 2.26. The van der Waals surface area contributed by atoms with Crippen LogP contribution in [0.1, 0.15) is 25.3 Å². The van der Waals surface area contributed by atoms with Gasteiger partial charge in [-0.1, -0.05) is 38.1 Å². The highest BCUT2D eigenvalue weighted by Gasteiger charge is 2.16. The zero-order valence-corrected chi connectivity index (χ0v) is 14.9. The van der Waals surface area contributed by atoms with Crippen molar-refractivity contribution in [3.8, 4) is 16.5 Å². The van der Waals surface area contributed by atoms with E-state index < -0.39 is 11.9 Å². The average Bonchev–Trinajstić information content (AvgIpc) is 3.23. The molecule has 6 nitrogen and oxygen atoms in total. The summed E-state index contributed by atoms with van der Waals surface area (Å²) in [5.74, 6) is 0.728. The van der Waals surface area contributed by atoms with Gasteiger partial charge in [0.1, 0.15) is 18.5 Å². The van der Waals surface area contributed by atoms with Crippen molar-refractivity contribution in [1.29, 1.82) is 0 Å². The molecule has 3 rings (SSSR count). The largest absolute Gasteiger partial charge is 0.491 e. The van der Waals surface area contributed by atoms with Gasteiger partial charge in [-0.2, -0.15) is 4.68 Å². The van der Waals surface area contributed by atoms with E-state index in [4.69, 9.17) is 9.15 Å². The number of ether oxygens (including phenoxy) is 1.